The lowest BCUT2D eigenvalue weighted by Gasteiger charge is -2.23. The van der Waals surface area contributed by atoms with E-state index >= 15 is 0 Å². The van der Waals surface area contributed by atoms with E-state index in [1.54, 1.807) is 0 Å². The molecule has 0 saturated heterocycles. The van der Waals surface area contributed by atoms with Crippen molar-refractivity contribution in [3.8, 4) is 0 Å². The lowest BCUT2D eigenvalue weighted by Crippen LogP contribution is -2.29. The molecule has 0 radical (unpaired) electrons. The van der Waals surface area contributed by atoms with E-state index in [4.69, 9.17) is 4.74 Å². The Morgan fingerprint density at radius 2 is 1.60 bits per heavy atom. The molecule has 1 rings (SSSR count). The van der Waals surface area contributed by atoms with Gasteiger partial charge in [-0.05, 0) is 36.8 Å². The SMILES string of the molecule is CCOC(=O)[C@H](C)Nc1c(C(C)C)cccc1C(C)C. The first kappa shape index (κ1) is 16.5. The van der Waals surface area contributed by atoms with Crippen LogP contribution in [0.4, 0.5) is 5.69 Å². The molecule has 1 aromatic carbocycles. The minimum absolute atomic E-state index is 0.208. The predicted octanol–water partition coefficient (Wildman–Crippen LogP) is 4.30. The summed E-state index contributed by atoms with van der Waals surface area (Å²) in [5, 5.41) is 3.35. The molecule has 0 aliphatic rings. The zero-order chi connectivity index (χ0) is 15.3. The van der Waals surface area contributed by atoms with Crippen molar-refractivity contribution >= 4 is 11.7 Å². The highest BCUT2D eigenvalue weighted by Gasteiger charge is 2.19. The molecule has 3 nitrogen and oxygen atoms in total. The summed E-state index contributed by atoms with van der Waals surface area (Å²) in [6, 6.07) is 5.99. The topological polar surface area (TPSA) is 38.3 Å². The predicted molar refractivity (Wildman–Crippen MR) is 84.3 cm³/mol. The number of carbonyl (C=O) groups excluding carboxylic acids is 1. The van der Waals surface area contributed by atoms with Gasteiger partial charge in [0.2, 0.25) is 0 Å². The van der Waals surface area contributed by atoms with E-state index in [0.717, 1.165) is 5.69 Å². The van der Waals surface area contributed by atoms with Gasteiger partial charge >= 0.3 is 5.97 Å². The second-order valence-electron chi connectivity index (χ2n) is 5.74. The van der Waals surface area contributed by atoms with Crippen LogP contribution in [-0.4, -0.2) is 18.6 Å². The van der Waals surface area contributed by atoms with E-state index < -0.39 is 0 Å². The maximum absolute atomic E-state index is 11.8. The summed E-state index contributed by atoms with van der Waals surface area (Å²) in [6.45, 7) is 12.7. The third-order valence-corrected chi connectivity index (χ3v) is 3.37. The summed E-state index contributed by atoms with van der Waals surface area (Å²) in [5.74, 6) is 0.608. The number of ether oxygens (including phenoxy) is 1. The number of hydrogen-bond acceptors (Lipinski definition) is 3. The number of carbonyl (C=O) groups is 1. The molecule has 20 heavy (non-hydrogen) atoms. The molecule has 0 aliphatic heterocycles. The van der Waals surface area contributed by atoms with Crippen LogP contribution in [0.3, 0.4) is 0 Å². The van der Waals surface area contributed by atoms with Crippen LogP contribution in [0.15, 0.2) is 18.2 Å². The Morgan fingerprint density at radius 1 is 1.10 bits per heavy atom. The molecule has 1 N–H and O–H groups in total. The Balaban J connectivity index is 3.10. The molecule has 0 bridgehead atoms. The quantitative estimate of drug-likeness (QED) is 0.788. The Labute approximate surface area is 122 Å². The first-order valence-electron chi connectivity index (χ1n) is 7.44. The van der Waals surface area contributed by atoms with Gasteiger partial charge in [-0.2, -0.15) is 0 Å². The van der Waals surface area contributed by atoms with Gasteiger partial charge in [-0.1, -0.05) is 45.9 Å². The molecule has 0 saturated carbocycles. The molecule has 0 heterocycles. The molecular weight excluding hydrogens is 250 g/mol. The van der Waals surface area contributed by atoms with Gasteiger partial charge in [0.05, 0.1) is 6.61 Å². The monoisotopic (exact) mass is 277 g/mol. The highest BCUT2D eigenvalue weighted by molar-refractivity contribution is 5.80. The van der Waals surface area contributed by atoms with Crippen LogP contribution in [0, 0.1) is 0 Å². The summed E-state index contributed by atoms with van der Waals surface area (Å²) >= 11 is 0. The van der Waals surface area contributed by atoms with E-state index in [2.05, 4.69) is 51.2 Å². The fraction of sp³-hybridized carbons (Fsp3) is 0.588. The number of esters is 1. The molecule has 0 spiro atoms. The number of para-hydroxylation sites is 1. The third kappa shape index (κ3) is 3.99. The van der Waals surface area contributed by atoms with Crippen LogP contribution >= 0.6 is 0 Å². The molecule has 112 valence electrons. The first-order valence-corrected chi connectivity index (χ1v) is 7.44. The molecule has 0 amide bonds. The van der Waals surface area contributed by atoms with Crippen molar-refractivity contribution in [1.82, 2.24) is 0 Å². The number of anilines is 1. The lowest BCUT2D eigenvalue weighted by atomic mass is 9.92. The molecule has 1 atom stereocenters. The van der Waals surface area contributed by atoms with Crippen molar-refractivity contribution in [2.75, 3.05) is 11.9 Å². The molecule has 0 fully saturated rings. The highest BCUT2D eigenvalue weighted by Crippen LogP contribution is 2.32. The van der Waals surface area contributed by atoms with Crippen molar-refractivity contribution in [3.63, 3.8) is 0 Å². The Kier molecular flexibility index (Phi) is 6.05. The van der Waals surface area contributed by atoms with Gasteiger partial charge in [0.15, 0.2) is 0 Å². The van der Waals surface area contributed by atoms with Gasteiger partial charge in [-0.3, -0.25) is 0 Å². The summed E-state index contributed by atoms with van der Waals surface area (Å²) in [7, 11) is 0. The van der Waals surface area contributed by atoms with Crippen molar-refractivity contribution in [3.05, 3.63) is 29.3 Å². The van der Waals surface area contributed by atoms with Crippen LogP contribution < -0.4 is 5.32 Å². The van der Waals surface area contributed by atoms with Crippen LogP contribution in [-0.2, 0) is 9.53 Å². The maximum atomic E-state index is 11.8. The van der Waals surface area contributed by atoms with Gasteiger partial charge in [0, 0.05) is 5.69 Å². The smallest absolute Gasteiger partial charge is 0.328 e. The van der Waals surface area contributed by atoms with Crippen molar-refractivity contribution in [2.45, 2.75) is 59.4 Å². The van der Waals surface area contributed by atoms with Gasteiger partial charge < -0.3 is 10.1 Å². The summed E-state index contributed by atoms with van der Waals surface area (Å²) in [5.41, 5.74) is 3.57. The number of nitrogens with one attached hydrogen (secondary N) is 1. The number of benzene rings is 1. The summed E-state index contributed by atoms with van der Waals surface area (Å²) < 4.78 is 5.08. The number of rotatable bonds is 6. The zero-order valence-electron chi connectivity index (χ0n) is 13.5. The molecule has 1 aromatic rings. The van der Waals surface area contributed by atoms with Crippen molar-refractivity contribution < 1.29 is 9.53 Å². The van der Waals surface area contributed by atoms with E-state index in [1.807, 2.05) is 13.8 Å². The fourth-order valence-corrected chi connectivity index (χ4v) is 2.26. The van der Waals surface area contributed by atoms with Crippen LogP contribution in [0.5, 0.6) is 0 Å². The zero-order valence-corrected chi connectivity index (χ0v) is 13.5. The normalized spacial score (nSPS) is 12.6. The average Bonchev–Trinajstić information content (AvgIpc) is 2.38. The second kappa shape index (κ2) is 7.32. The van der Waals surface area contributed by atoms with E-state index in [1.165, 1.54) is 11.1 Å². The van der Waals surface area contributed by atoms with Crippen LogP contribution in [0.1, 0.15) is 64.5 Å². The first-order chi connectivity index (χ1) is 9.38. The number of hydrogen-bond donors (Lipinski definition) is 1. The fourth-order valence-electron chi connectivity index (χ4n) is 2.26. The van der Waals surface area contributed by atoms with E-state index in [-0.39, 0.29) is 12.0 Å². The molecule has 0 aliphatic carbocycles. The summed E-state index contributed by atoms with van der Waals surface area (Å²) in [4.78, 5) is 11.8. The average molecular weight is 277 g/mol. The maximum Gasteiger partial charge on any atom is 0.328 e. The van der Waals surface area contributed by atoms with Crippen LogP contribution in [0.25, 0.3) is 0 Å². The van der Waals surface area contributed by atoms with Gasteiger partial charge in [-0.15, -0.1) is 0 Å². The van der Waals surface area contributed by atoms with Crippen molar-refractivity contribution in [1.29, 1.82) is 0 Å². The minimum Gasteiger partial charge on any atom is -0.464 e. The second-order valence-corrected chi connectivity index (χ2v) is 5.74. The molecular formula is C17H27NO2. The third-order valence-electron chi connectivity index (χ3n) is 3.37. The summed E-state index contributed by atoms with van der Waals surface area (Å²) in [6.07, 6.45) is 0. The lowest BCUT2D eigenvalue weighted by molar-refractivity contribution is -0.143. The van der Waals surface area contributed by atoms with Gasteiger partial charge in [0.25, 0.3) is 0 Å². The Morgan fingerprint density at radius 3 is 2.00 bits per heavy atom. The molecule has 0 aromatic heterocycles. The van der Waals surface area contributed by atoms with Gasteiger partial charge in [-0.25, -0.2) is 4.79 Å². The van der Waals surface area contributed by atoms with E-state index in [9.17, 15) is 4.79 Å². The molecule has 3 heteroatoms. The largest absolute Gasteiger partial charge is 0.464 e. The Hall–Kier alpha value is -1.51. The van der Waals surface area contributed by atoms with Gasteiger partial charge in [0.1, 0.15) is 6.04 Å². The van der Waals surface area contributed by atoms with E-state index in [0.29, 0.717) is 18.4 Å². The van der Waals surface area contributed by atoms with Crippen molar-refractivity contribution in [2.24, 2.45) is 0 Å². The standard InChI is InChI=1S/C17H27NO2/c1-7-20-17(19)13(6)18-16-14(11(2)3)9-8-10-15(16)12(4)5/h8-13,18H,7H2,1-6H3/t13-/m0/s1. The minimum atomic E-state index is -0.340. The molecule has 0 unspecified atom stereocenters. The Bertz CT molecular complexity index is 426. The highest BCUT2D eigenvalue weighted by atomic mass is 16.5. The van der Waals surface area contributed by atoms with Crippen LogP contribution in [0.2, 0.25) is 0 Å².